The highest BCUT2D eigenvalue weighted by Crippen LogP contribution is 2.36. The van der Waals surface area contributed by atoms with Crippen LogP contribution < -0.4 is 15.8 Å². The quantitative estimate of drug-likeness (QED) is 0.748. The van der Waals surface area contributed by atoms with Gasteiger partial charge in [-0.25, -0.2) is 0 Å². The molecule has 3 N–H and O–H groups in total. The fraction of sp³-hybridized carbons (Fsp3) is 0.450. The average molecular weight is 386 g/mol. The first-order valence-corrected chi connectivity index (χ1v) is 10.0. The molecule has 0 saturated carbocycles. The normalized spacial score (nSPS) is 19.1. The molecule has 1 aliphatic heterocycles. The van der Waals surface area contributed by atoms with Crippen LogP contribution in [0.15, 0.2) is 42.5 Å². The van der Waals surface area contributed by atoms with E-state index in [1.807, 2.05) is 70.2 Å². The summed E-state index contributed by atoms with van der Waals surface area (Å²) in [6, 6.07) is 13.6. The summed E-state index contributed by atoms with van der Waals surface area (Å²) >= 11 is 1.40. The Balaban J connectivity index is 1.65. The van der Waals surface area contributed by atoms with Gasteiger partial charge in [-0.3, -0.25) is 4.79 Å². The first-order valence-electron chi connectivity index (χ1n) is 9.22. The van der Waals surface area contributed by atoms with Gasteiger partial charge in [0.2, 0.25) is 0 Å². The molecular formula is C20H27BN2O3S. The fourth-order valence-corrected chi connectivity index (χ4v) is 3.78. The minimum atomic E-state index is -0.448. The number of carbonyl (C=O) groups is 1. The van der Waals surface area contributed by atoms with Gasteiger partial charge in [-0.05, 0) is 45.7 Å². The van der Waals surface area contributed by atoms with E-state index in [1.165, 1.54) is 11.3 Å². The number of thiophene rings is 1. The molecule has 1 aliphatic rings. The molecule has 0 aliphatic carbocycles. The number of rotatable bonds is 6. The van der Waals surface area contributed by atoms with Crippen molar-refractivity contribution in [1.82, 2.24) is 5.32 Å². The summed E-state index contributed by atoms with van der Waals surface area (Å²) in [4.78, 5) is 13.3. The molecule has 7 heteroatoms. The standard InChI is InChI=1S/C20H27BN2O3S/c1-19(2)20(3,4)26-21(25-19)17-11-10-16(27-17)18(24)23-15(13-22)12-14-8-6-5-7-9-14/h5-11,15H,12-13,22H2,1-4H3,(H,23,24). The molecule has 144 valence electrons. The van der Waals surface area contributed by atoms with Crippen LogP contribution in [0.1, 0.15) is 42.9 Å². The van der Waals surface area contributed by atoms with Crippen molar-refractivity contribution >= 4 is 29.1 Å². The fourth-order valence-electron chi connectivity index (χ4n) is 2.91. The van der Waals surface area contributed by atoms with Crippen molar-refractivity contribution in [2.75, 3.05) is 6.54 Å². The molecular weight excluding hydrogens is 359 g/mol. The van der Waals surface area contributed by atoms with Crippen molar-refractivity contribution in [2.45, 2.75) is 51.4 Å². The monoisotopic (exact) mass is 386 g/mol. The predicted octanol–water partition coefficient (Wildman–Crippen LogP) is 2.35. The third-order valence-electron chi connectivity index (χ3n) is 5.28. The molecule has 1 aromatic heterocycles. The van der Waals surface area contributed by atoms with Gasteiger partial charge in [-0.15, -0.1) is 11.3 Å². The van der Waals surface area contributed by atoms with E-state index in [1.54, 1.807) is 0 Å². The Morgan fingerprint density at radius 2 is 1.74 bits per heavy atom. The Kier molecular flexibility index (Phi) is 5.77. The number of hydrogen-bond acceptors (Lipinski definition) is 5. The first kappa shape index (κ1) is 20.1. The van der Waals surface area contributed by atoms with Crippen LogP contribution in [0.25, 0.3) is 0 Å². The van der Waals surface area contributed by atoms with Crippen LogP contribution in [-0.2, 0) is 15.7 Å². The zero-order chi connectivity index (χ0) is 19.7. The minimum Gasteiger partial charge on any atom is -0.399 e. The van der Waals surface area contributed by atoms with Gasteiger partial charge in [-0.1, -0.05) is 36.4 Å². The van der Waals surface area contributed by atoms with E-state index in [-0.39, 0.29) is 11.9 Å². The lowest BCUT2D eigenvalue weighted by Crippen LogP contribution is -2.41. The number of nitrogens with two attached hydrogens (primary N) is 1. The van der Waals surface area contributed by atoms with Gasteiger partial charge in [-0.2, -0.15) is 0 Å². The van der Waals surface area contributed by atoms with E-state index in [0.717, 1.165) is 10.3 Å². The maximum atomic E-state index is 12.6. The number of carbonyl (C=O) groups excluding carboxylic acids is 1. The summed E-state index contributed by atoms with van der Waals surface area (Å²) in [5.41, 5.74) is 6.21. The third kappa shape index (κ3) is 4.43. The summed E-state index contributed by atoms with van der Waals surface area (Å²) in [6.45, 7) is 8.46. The zero-order valence-electron chi connectivity index (χ0n) is 16.3. The van der Waals surface area contributed by atoms with Gasteiger partial charge in [0.1, 0.15) is 0 Å². The smallest absolute Gasteiger partial charge is 0.399 e. The molecule has 3 rings (SSSR count). The number of nitrogens with one attached hydrogen (secondary N) is 1. The van der Waals surface area contributed by atoms with Crippen LogP contribution in [0.2, 0.25) is 0 Å². The lowest BCUT2D eigenvalue weighted by molar-refractivity contribution is 0.00578. The average Bonchev–Trinajstić information content (AvgIpc) is 3.18. The van der Waals surface area contributed by atoms with Crippen LogP contribution in [-0.4, -0.2) is 36.8 Å². The summed E-state index contributed by atoms with van der Waals surface area (Å²) in [5, 5.41) is 3.03. The number of amides is 1. The van der Waals surface area contributed by atoms with Crippen LogP contribution >= 0.6 is 11.3 Å². The van der Waals surface area contributed by atoms with Crippen LogP contribution in [0.3, 0.4) is 0 Å². The second-order valence-electron chi connectivity index (χ2n) is 7.89. The molecule has 0 radical (unpaired) electrons. The van der Waals surface area contributed by atoms with Crippen LogP contribution in [0, 0.1) is 0 Å². The van der Waals surface area contributed by atoms with E-state index in [2.05, 4.69) is 5.32 Å². The van der Waals surface area contributed by atoms with Gasteiger partial charge in [0.25, 0.3) is 5.91 Å². The van der Waals surface area contributed by atoms with E-state index < -0.39 is 18.3 Å². The molecule has 1 saturated heterocycles. The molecule has 5 nitrogen and oxygen atoms in total. The van der Waals surface area contributed by atoms with Crippen molar-refractivity contribution in [1.29, 1.82) is 0 Å². The van der Waals surface area contributed by atoms with E-state index >= 15 is 0 Å². The molecule has 2 heterocycles. The second-order valence-corrected chi connectivity index (χ2v) is 9.00. The van der Waals surface area contributed by atoms with Crippen molar-refractivity contribution in [3.8, 4) is 0 Å². The lowest BCUT2D eigenvalue weighted by atomic mass is 9.88. The maximum Gasteiger partial charge on any atom is 0.505 e. The molecule has 1 unspecified atom stereocenters. The summed E-state index contributed by atoms with van der Waals surface area (Å²) in [5.74, 6) is -0.117. The van der Waals surface area contributed by atoms with Crippen molar-refractivity contribution in [3.63, 3.8) is 0 Å². The Hall–Kier alpha value is -1.67. The molecule has 1 fully saturated rings. The molecule has 1 aromatic carbocycles. The Morgan fingerprint density at radius 3 is 2.33 bits per heavy atom. The minimum absolute atomic E-state index is 0.109. The zero-order valence-corrected chi connectivity index (χ0v) is 17.1. The summed E-state index contributed by atoms with van der Waals surface area (Å²) in [7, 11) is -0.448. The lowest BCUT2D eigenvalue weighted by Gasteiger charge is -2.32. The second kappa shape index (κ2) is 7.76. The van der Waals surface area contributed by atoms with Gasteiger partial charge in [0, 0.05) is 17.4 Å². The number of benzene rings is 1. The van der Waals surface area contributed by atoms with E-state index in [4.69, 9.17) is 15.0 Å². The SMILES string of the molecule is CC1(C)OB(c2ccc(C(=O)NC(CN)Cc3ccccc3)s2)OC1(C)C. The van der Waals surface area contributed by atoms with Crippen LogP contribution in [0.4, 0.5) is 0 Å². The molecule has 0 bridgehead atoms. The molecule has 0 spiro atoms. The molecule has 1 atom stereocenters. The third-order valence-corrected chi connectivity index (χ3v) is 6.39. The van der Waals surface area contributed by atoms with Gasteiger partial charge in [0.15, 0.2) is 0 Å². The largest absolute Gasteiger partial charge is 0.505 e. The van der Waals surface area contributed by atoms with Crippen molar-refractivity contribution in [3.05, 3.63) is 52.9 Å². The Bertz CT molecular complexity index is 776. The van der Waals surface area contributed by atoms with Gasteiger partial charge >= 0.3 is 7.12 Å². The highest BCUT2D eigenvalue weighted by Gasteiger charge is 2.52. The topological polar surface area (TPSA) is 73.6 Å². The van der Waals surface area contributed by atoms with E-state index in [0.29, 0.717) is 17.8 Å². The molecule has 27 heavy (non-hydrogen) atoms. The predicted molar refractivity (Wildman–Crippen MR) is 110 cm³/mol. The van der Waals surface area contributed by atoms with Crippen molar-refractivity contribution in [2.24, 2.45) is 5.73 Å². The highest BCUT2D eigenvalue weighted by atomic mass is 32.1. The highest BCUT2D eigenvalue weighted by molar-refractivity contribution is 7.23. The number of hydrogen-bond donors (Lipinski definition) is 2. The molecule has 1 amide bonds. The first-order chi connectivity index (χ1) is 12.7. The van der Waals surface area contributed by atoms with Crippen molar-refractivity contribution < 1.29 is 14.1 Å². The Morgan fingerprint density at radius 1 is 1.11 bits per heavy atom. The molecule has 2 aromatic rings. The van der Waals surface area contributed by atoms with Crippen LogP contribution in [0.5, 0.6) is 0 Å². The summed E-state index contributed by atoms with van der Waals surface area (Å²) in [6.07, 6.45) is 0.707. The van der Waals surface area contributed by atoms with E-state index in [9.17, 15) is 4.79 Å². The van der Waals surface area contributed by atoms with Gasteiger partial charge < -0.3 is 20.4 Å². The Labute approximate surface area is 165 Å². The maximum absolute atomic E-state index is 12.6. The summed E-state index contributed by atoms with van der Waals surface area (Å²) < 4.78 is 13.0. The van der Waals surface area contributed by atoms with Gasteiger partial charge in [0.05, 0.1) is 16.1 Å².